The monoisotopic (exact) mass is 305 g/mol. The quantitative estimate of drug-likeness (QED) is 0.859. The molecule has 0 unspecified atom stereocenters. The van der Waals surface area contributed by atoms with Gasteiger partial charge < -0.3 is 5.32 Å². The predicted molar refractivity (Wildman–Crippen MR) is 83.6 cm³/mol. The van der Waals surface area contributed by atoms with E-state index < -0.39 is 10.0 Å². The Kier molecular flexibility index (Phi) is 4.93. The molecule has 1 heterocycles. The summed E-state index contributed by atoms with van der Waals surface area (Å²) in [5, 5.41) is 3.21. The SMILES string of the molecule is CCNCc1cccc(S(=O)(=O)Nc2cccnc2)c1C. The number of rotatable bonds is 6. The maximum Gasteiger partial charge on any atom is 0.262 e. The van der Waals surface area contributed by atoms with E-state index in [0.717, 1.165) is 17.7 Å². The summed E-state index contributed by atoms with van der Waals surface area (Å²) in [5.41, 5.74) is 2.19. The van der Waals surface area contributed by atoms with Gasteiger partial charge in [-0.1, -0.05) is 19.1 Å². The molecule has 21 heavy (non-hydrogen) atoms. The van der Waals surface area contributed by atoms with Gasteiger partial charge in [0.05, 0.1) is 16.8 Å². The molecular formula is C15H19N3O2S. The Labute approximate surface area is 125 Å². The fourth-order valence-corrected chi connectivity index (χ4v) is 3.37. The van der Waals surface area contributed by atoms with Crippen LogP contribution in [0.5, 0.6) is 0 Å². The summed E-state index contributed by atoms with van der Waals surface area (Å²) < 4.78 is 27.5. The number of nitrogens with zero attached hydrogens (tertiary/aromatic N) is 1. The molecule has 0 amide bonds. The van der Waals surface area contributed by atoms with E-state index in [9.17, 15) is 8.42 Å². The lowest BCUT2D eigenvalue weighted by molar-refractivity contribution is 0.600. The topological polar surface area (TPSA) is 71.1 Å². The van der Waals surface area contributed by atoms with Gasteiger partial charge in [-0.25, -0.2) is 8.42 Å². The minimum Gasteiger partial charge on any atom is -0.313 e. The van der Waals surface area contributed by atoms with Crippen LogP contribution in [0, 0.1) is 6.92 Å². The highest BCUT2D eigenvalue weighted by Crippen LogP contribution is 2.21. The number of sulfonamides is 1. The first-order valence-corrected chi connectivity index (χ1v) is 8.25. The number of hydrogen-bond donors (Lipinski definition) is 2. The van der Waals surface area contributed by atoms with Gasteiger partial charge in [0, 0.05) is 12.7 Å². The largest absolute Gasteiger partial charge is 0.313 e. The molecule has 0 atom stereocenters. The predicted octanol–water partition coefficient (Wildman–Crippen LogP) is 2.30. The third kappa shape index (κ3) is 3.80. The molecule has 2 rings (SSSR count). The molecule has 0 aliphatic rings. The van der Waals surface area contributed by atoms with Gasteiger partial charge in [0.15, 0.2) is 0 Å². The van der Waals surface area contributed by atoms with Crippen LogP contribution in [0.2, 0.25) is 0 Å². The Bertz CT molecular complexity index is 700. The summed E-state index contributed by atoms with van der Waals surface area (Å²) in [6, 6.07) is 8.66. The van der Waals surface area contributed by atoms with Gasteiger partial charge in [0.25, 0.3) is 10.0 Å². The Hall–Kier alpha value is -1.92. The first-order chi connectivity index (χ1) is 10.0. The molecule has 0 spiro atoms. The van der Waals surface area contributed by atoms with Gasteiger partial charge in [-0.05, 0) is 42.8 Å². The molecule has 1 aromatic carbocycles. The lowest BCUT2D eigenvalue weighted by Gasteiger charge is -2.13. The van der Waals surface area contributed by atoms with Gasteiger partial charge in [0.1, 0.15) is 0 Å². The van der Waals surface area contributed by atoms with E-state index in [1.807, 2.05) is 19.9 Å². The molecule has 2 aromatic rings. The Morgan fingerprint density at radius 1 is 1.19 bits per heavy atom. The van der Waals surface area contributed by atoms with Gasteiger partial charge in [0.2, 0.25) is 0 Å². The Morgan fingerprint density at radius 2 is 2.00 bits per heavy atom. The number of pyridine rings is 1. The van der Waals surface area contributed by atoms with E-state index in [-0.39, 0.29) is 0 Å². The van der Waals surface area contributed by atoms with E-state index in [2.05, 4.69) is 15.0 Å². The van der Waals surface area contributed by atoms with Crippen molar-refractivity contribution < 1.29 is 8.42 Å². The van der Waals surface area contributed by atoms with E-state index >= 15 is 0 Å². The second kappa shape index (κ2) is 6.69. The van der Waals surface area contributed by atoms with Crippen LogP contribution in [0.25, 0.3) is 0 Å². The second-order valence-electron chi connectivity index (χ2n) is 4.67. The molecule has 2 N–H and O–H groups in total. The zero-order chi connectivity index (χ0) is 15.3. The minimum atomic E-state index is -3.61. The van der Waals surface area contributed by atoms with Crippen LogP contribution in [-0.2, 0) is 16.6 Å². The molecule has 0 aliphatic carbocycles. The van der Waals surface area contributed by atoms with Gasteiger partial charge in [-0.2, -0.15) is 0 Å². The van der Waals surface area contributed by atoms with Crippen molar-refractivity contribution in [2.24, 2.45) is 0 Å². The number of aromatic nitrogens is 1. The highest BCUT2D eigenvalue weighted by atomic mass is 32.2. The maximum absolute atomic E-state index is 12.5. The van der Waals surface area contributed by atoms with Crippen molar-refractivity contribution in [3.63, 3.8) is 0 Å². The fraction of sp³-hybridized carbons (Fsp3) is 0.267. The summed E-state index contributed by atoms with van der Waals surface area (Å²) in [6.45, 7) is 5.33. The van der Waals surface area contributed by atoms with E-state index in [0.29, 0.717) is 17.1 Å². The number of hydrogen-bond acceptors (Lipinski definition) is 4. The summed E-state index contributed by atoms with van der Waals surface area (Å²) in [5.74, 6) is 0. The van der Waals surface area contributed by atoms with Gasteiger partial charge in [-0.15, -0.1) is 0 Å². The van der Waals surface area contributed by atoms with Crippen LogP contribution < -0.4 is 10.0 Å². The molecule has 0 aliphatic heterocycles. The molecule has 0 bridgehead atoms. The van der Waals surface area contributed by atoms with Crippen LogP contribution in [-0.4, -0.2) is 19.9 Å². The third-order valence-electron chi connectivity index (χ3n) is 3.16. The first kappa shape index (κ1) is 15.5. The smallest absolute Gasteiger partial charge is 0.262 e. The van der Waals surface area contributed by atoms with Crippen molar-refractivity contribution >= 4 is 15.7 Å². The average Bonchev–Trinajstić information content (AvgIpc) is 2.46. The molecule has 5 nitrogen and oxygen atoms in total. The zero-order valence-electron chi connectivity index (χ0n) is 12.1. The molecule has 6 heteroatoms. The molecule has 0 fully saturated rings. The van der Waals surface area contributed by atoms with Gasteiger partial charge in [-0.3, -0.25) is 9.71 Å². The Balaban J connectivity index is 2.32. The van der Waals surface area contributed by atoms with E-state index in [4.69, 9.17) is 0 Å². The summed E-state index contributed by atoms with van der Waals surface area (Å²) in [4.78, 5) is 4.20. The number of benzene rings is 1. The number of nitrogens with one attached hydrogen (secondary N) is 2. The highest BCUT2D eigenvalue weighted by Gasteiger charge is 2.18. The van der Waals surface area contributed by atoms with Crippen molar-refractivity contribution in [1.29, 1.82) is 0 Å². The summed E-state index contributed by atoms with van der Waals surface area (Å²) >= 11 is 0. The van der Waals surface area contributed by atoms with Gasteiger partial charge >= 0.3 is 0 Å². The van der Waals surface area contributed by atoms with Crippen LogP contribution >= 0.6 is 0 Å². The van der Waals surface area contributed by atoms with Crippen molar-refractivity contribution in [2.75, 3.05) is 11.3 Å². The molecule has 0 saturated heterocycles. The van der Waals surface area contributed by atoms with E-state index in [1.54, 1.807) is 30.5 Å². The van der Waals surface area contributed by atoms with Crippen LogP contribution in [0.15, 0.2) is 47.6 Å². The zero-order valence-corrected chi connectivity index (χ0v) is 12.9. The molecule has 112 valence electrons. The first-order valence-electron chi connectivity index (χ1n) is 6.76. The summed E-state index contributed by atoms with van der Waals surface area (Å²) in [6.07, 6.45) is 3.08. The third-order valence-corrected chi connectivity index (χ3v) is 4.69. The second-order valence-corrected chi connectivity index (χ2v) is 6.32. The molecule has 0 radical (unpaired) electrons. The van der Waals surface area contributed by atoms with Crippen LogP contribution in [0.3, 0.4) is 0 Å². The standard InChI is InChI=1S/C15H19N3O2S/c1-3-16-10-13-6-4-8-15(12(13)2)21(19,20)18-14-7-5-9-17-11-14/h4-9,11,16,18H,3,10H2,1-2H3. The summed E-state index contributed by atoms with van der Waals surface area (Å²) in [7, 11) is -3.61. The maximum atomic E-state index is 12.5. The van der Waals surface area contributed by atoms with Crippen LogP contribution in [0.1, 0.15) is 18.1 Å². The normalized spacial score (nSPS) is 11.3. The molecule has 1 aromatic heterocycles. The average molecular weight is 305 g/mol. The number of anilines is 1. The fourth-order valence-electron chi connectivity index (χ4n) is 2.04. The molecule has 0 saturated carbocycles. The minimum absolute atomic E-state index is 0.293. The van der Waals surface area contributed by atoms with E-state index in [1.165, 1.54) is 6.20 Å². The van der Waals surface area contributed by atoms with Crippen molar-refractivity contribution in [3.8, 4) is 0 Å². The lowest BCUT2D eigenvalue weighted by Crippen LogP contribution is -2.17. The van der Waals surface area contributed by atoms with Crippen molar-refractivity contribution in [1.82, 2.24) is 10.3 Å². The highest BCUT2D eigenvalue weighted by molar-refractivity contribution is 7.92. The lowest BCUT2D eigenvalue weighted by atomic mass is 10.1. The Morgan fingerprint density at radius 3 is 2.67 bits per heavy atom. The van der Waals surface area contributed by atoms with Crippen LogP contribution in [0.4, 0.5) is 5.69 Å². The van der Waals surface area contributed by atoms with Crippen molar-refractivity contribution in [3.05, 3.63) is 53.9 Å². The molecular weight excluding hydrogens is 286 g/mol. The van der Waals surface area contributed by atoms with Crippen molar-refractivity contribution in [2.45, 2.75) is 25.3 Å².